The van der Waals surface area contributed by atoms with Gasteiger partial charge in [0.2, 0.25) is 0 Å². The van der Waals surface area contributed by atoms with Crippen molar-refractivity contribution in [2.24, 2.45) is 0 Å². The van der Waals surface area contributed by atoms with Crippen molar-refractivity contribution in [2.45, 2.75) is 6.92 Å². The van der Waals surface area contributed by atoms with E-state index in [1.807, 2.05) is 31.2 Å². The van der Waals surface area contributed by atoms with Crippen molar-refractivity contribution in [3.63, 3.8) is 0 Å². The number of aromatic nitrogens is 3. The predicted octanol–water partition coefficient (Wildman–Crippen LogP) is 2.60. The molecule has 2 aromatic heterocycles. The van der Waals surface area contributed by atoms with Crippen LogP contribution in [-0.2, 0) is 0 Å². The van der Waals surface area contributed by atoms with E-state index >= 15 is 0 Å². The maximum absolute atomic E-state index is 12.0. The van der Waals surface area contributed by atoms with Crippen molar-refractivity contribution in [2.75, 3.05) is 0 Å². The Balaban J connectivity index is 2.15. The number of pyridine rings is 1. The van der Waals surface area contributed by atoms with Gasteiger partial charge in [0, 0.05) is 35.9 Å². The second kappa shape index (κ2) is 5.09. The second-order valence-electron chi connectivity index (χ2n) is 4.54. The van der Waals surface area contributed by atoms with E-state index in [2.05, 4.69) is 9.97 Å². The Morgan fingerprint density at radius 2 is 1.80 bits per heavy atom. The Morgan fingerprint density at radius 1 is 1.00 bits per heavy atom. The van der Waals surface area contributed by atoms with Gasteiger partial charge in [-0.25, -0.2) is 9.97 Å². The number of nitrogens with zero attached hydrogens (tertiary/aromatic N) is 3. The third-order valence-electron chi connectivity index (χ3n) is 3.01. The molecule has 0 aliphatic heterocycles. The first-order chi connectivity index (χ1) is 9.74. The monoisotopic (exact) mass is 263 g/mol. The number of hydrogen-bond donors (Lipinski definition) is 0. The summed E-state index contributed by atoms with van der Waals surface area (Å²) in [5.74, 6) is 0.605. The summed E-state index contributed by atoms with van der Waals surface area (Å²) in [6.07, 6.45) is 5.14. The smallest absolute Gasteiger partial charge is 0.255 e. The fraction of sp³-hybridized carbons (Fsp3) is 0.0625. The highest BCUT2D eigenvalue weighted by atomic mass is 16.1. The second-order valence-corrected chi connectivity index (χ2v) is 4.54. The van der Waals surface area contributed by atoms with E-state index in [1.54, 1.807) is 35.3 Å². The zero-order chi connectivity index (χ0) is 13.9. The highest BCUT2D eigenvalue weighted by Gasteiger charge is 2.05. The van der Waals surface area contributed by atoms with E-state index in [0.717, 1.165) is 16.8 Å². The fourth-order valence-corrected chi connectivity index (χ4v) is 2.05. The summed E-state index contributed by atoms with van der Waals surface area (Å²) in [7, 11) is 0. The van der Waals surface area contributed by atoms with Gasteiger partial charge in [-0.05, 0) is 36.8 Å². The Labute approximate surface area is 116 Å². The van der Waals surface area contributed by atoms with Crippen LogP contribution in [0.25, 0.3) is 17.1 Å². The summed E-state index contributed by atoms with van der Waals surface area (Å²) < 4.78 is 1.61. The molecule has 0 saturated heterocycles. The van der Waals surface area contributed by atoms with E-state index in [0.29, 0.717) is 5.82 Å². The van der Waals surface area contributed by atoms with Crippen molar-refractivity contribution >= 4 is 0 Å². The van der Waals surface area contributed by atoms with Gasteiger partial charge in [0.15, 0.2) is 5.82 Å². The lowest BCUT2D eigenvalue weighted by Gasteiger charge is -2.08. The molecule has 0 aliphatic carbocycles. The molecule has 0 spiro atoms. The summed E-state index contributed by atoms with van der Waals surface area (Å²) >= 11 is 0. The van der Waals surface area contributed by atoms with Gasteiger partial charge in [-0.15, -0.1) is 0 Å². The van der Waals surface area contributed by atoms with Crippen molar-refractivity contribution in [3.8, 4) is 17.1 Å². The molecule has 3 rings (SSSR count). The summed E-state index contributed by atoms with van der Waals surface area (Å²) in [4.78, 5) is 20.4. The maximum Gasteiger partial charge on any atom is 0.255 e. The van der Waals surface area contributed by atoms with Crippen LogP contribution in [0.4, 0.5) is 0 Å². The molecule has 0 saturated carbocycles. The zero-order valence-electron chi connectivity index (χ0n) is 11.0. The van der Waals surface area contributed by atoms with E-state index in [1.165, 1.54) is 6.07 Å². The van der Waals surface area contributed by atoms with Crippen LogP contribution in [-0.4, -0.2) is 14.5 Å². The summed E-state index contributed by atoms with van der Waals surface area (Å²) in [5.41, 5.74) is 2.69. The molecule has 4 heteroatoms. The van der Waals surface area contributed by atoms with Crippen LogP contribution in [0.5, 0.6) is 0 Å². The molecule has 0 N–H and O–H groups in total. The number of rotatable bonds is 2. The molecule has 2 heterocycles. The molecule has 20 heavy (non-hydrogen) atoms. The molecule has 0 atom stereocenters. The van der Waals surface area contributed by atoms with Gasteiger partial charge >= 0.3 is 0 Å². The van der Waals surface area contributed by atoms with Gasteiger partial charge in [0.25, 0.3) is 5.56 Å². The van der Waals surface area contributed by atoms with E-state index in [-0.39, 0.29) is 5.56 Å². The minimum absolute atomic E-state index is 0.0738. The lowest BCUT2D eigenvalue weighted by atomic mass is 10.2. The molecular weight excluding hydrogens is 250 g/mol. The molecule has 1 aromatic carbocycles. The lowest BCUT2D eigenvalue weighted by Crippen LogP contribution is -2.16. The van der Waals surface area contributed by atoms with Crippen LogP contribution in [0.2, 0.25) is 0 Å². The predicted molar refractivity (Wildman–Crippen MR) is 77.8 cm³/mol. The van der Waals surface area contributed by atoms with Gasteiger partial charge in [-0.3, -0.25) is 9.36 Å². The Morgan fingerprint density at radius 3 is 2.55 bits per heavy atom. The molecule has 0 radical (unpaired) electrons. The normalized spacial score (nSPS) is 10.4. The molecule has 0 aliphatic rings. The number of aryl methyl sites for hydroxylation is 1. The van der Waals surface area contributed by atoms with Crippen LogP contribution in [0.3, 0.4) is 0 Å². The molecule has 0 amide bonds. The van der Waals surface area contributed by atoms with Gasteiger partial charge in [0.05, 0.1) is 0 Å². The average molecular weight is 263 g/mol. The first-order valence-corrected chi connectivity index (χ1v) is 6.31. The summed E-state index contributed by atoms with van der Waals surface area (Å²) in [5, 5.41) is 0. The van der Waals surface area contributed by atoms with E-state index < -0.39 is 0 Å². The van der Waals surface area contributed by atoms with Gasteiger partial charge < -0.3 is 0 Å². The first-order valence-electron chi connectivity index (χ1n) is 6.31. The van der Waals surface area contributed by atoms with Crippen molar-refractivity contribution in [1.29, 1.82) is 0 Å². The number of hydrogen-bond acceptors (Lipinski definition) is 3. The highest BCUT2D eigenvalue weighted by Crippen LogP contribution is 2.14. The number of benzene rings is 1. The first kappa shape index (κ1) is 12.3. The minimum Gasteiger partial charge on any atom is -0.284 e. The average Bonchev–Trinajstić information content (AvgIpc) is 2.48. The third-order valence-corrected chi connectivity index (χ3v) is 3.01. The lowest BCUT2D eigenvalue weighted by molar-refractivity contribution is 0.984. The molecule has 0 bridgehead atoms. The fourth-order valence-electron chi connectivity index (χ4n) is 2.05. The zero-order valence-corrected chi connectivity index (χ0v) is 11.0. The van der Waals surface area contributed by atoms with Crippen molar-refractivity contribution < 1.29 is 0 Å². The molecule has 0 fully saturated rings. The van der Waals surface area contributed by atoms with E-state index in [4.69, 9.17) is 0 Å². The SMILES string of the molecule is Cc1cccc(-n2cc(-c3ncccn3)ccc2=O)c1. The Kier molecular flexibility index (Phi) is 3.13. The van der Waals surface area contributed by atoms with Gasteiger partial charge in [-0.1, -0.05) is 12.1 Å². The minimum atomic E-state index is -0.0738. The Hall–Kier alpha value is -2.75. The van der Waals surface area contributed by atoms with Crippen molar-refractivity contribution in [3.05, 3.63) is 77.0 Å². The topological polar surface area (TPSA) is 47.8 Å². The van der Waals surface area contributed by atoms with Crippen LogP contribution in [0.15, 0.2) is 65.8 Å². The van der Waals surface area contributed by atoms with Gasteiger partial charge in [0.1, 0.15) is 0 Å². The largest absolute Gasteiger partial charge is 0.284 e. The van der Waals surface area contributed by atoms with Crippen LogP contribution in [0, 0.1) is 6.92 Å². The standard InChI is InChI=1S/C16H13N3O/c1-12-4-2-5-14(10-12)19-11-13(6-7-15(19)20)16-17-8-3-9-18-16/h2-11H,1H3. The Bertz CT molecular complexity index is 794. The summed E-state index contributed by atoms with van der Waals surface area (Å²) in [6.45, 7) is 2.00. The van der Waals surface area contributed by atoms with Crippen LogP contribution >= 0.6 is 0 Å². The molecule has 4 nitrogen and oxygen atoms in total. The maximum atomic E-state index is 12.0. The van der Waals surface area contributed by atoms with Crippen LogP contribution < -0.4 is 5.56 Å². The summed E-state index contributed by atoms with van der Waals surface area (Å²) in [6, 6.07) is 12.8. The third kappa shape index (κ3) is 2.36. The van der Waals surface area contributed by atoms with E-state index in [9.17, 15) is 4.79 Å². The quantitative estimate of drug-likeness (QED) is 0.714. The highest BCUT2D eigenvalue weighted by molar-refractivity contribution is 5.54. The molecule has 3 aromatic rings. The van der Waals surface area contributed by atoms with Crippen LogP contribution in [0.1, 0.15) is 5.56 Å². The molecular formula is C16H13N3O. The molecule has 0 unspecified atom stereocenters. The molecule has 98 valence electrons. The van der Waals surface area contributed by atoms with Crippen molar-refractivity contribution in [1.82, 2.24) is 14.5 Å². The van der Waals surface area contributed by atoms with Gasteiger partial charge in [-0.2, -0.15) is 0 Å².